The molecular weight excluding hydrogens is 495 g/mol. The van der Waals surface area contributed by atoms with E-state index in [1.165, 1.54) is 53.9 Å². The van der Waals surface area contributed by atoms with Crippen molar-refractivity contribution < 1.29 is 9.76 Å². The van der Waals surface area contributed by atoms with Crippen LogP contribution in [0.2, 0.25) is 0 Å². The fourth-order valence-electron chi connectivity index (χ4n) is 6.34. The summed E-state index contributed by atoms with van der Waals surface area (Å²) < 4.78 is 6.49. The maximum Gasteiger partial charge on any atom is 0.310 e. The molecule has 0 saturated carbocycles. The van der Waals surface area contributed by atoms with Crippen LogP contribution in [0.15, 0.2) is 113 Å². The molecule has 2 nitrogen and oxygen atoms in total. The van der Waals surface area contributed by atoms with Crippen LogP contribution in [0.1, 0.15) is 49.9 Å². The third kappa shape index (κ3) is 3.45. The lowest BCUT2D eigenvalue weighted by Gasteiger charge is -2.40. The van der Waals surface area contributed by atoms with Crippen LogP contribution in [0.25, 0.3) is 21.9 Å². The molecule has 192 valence electrons. The summed E-state index contributed by atoms with van der Waals surface area (Å²) >= 11 is 1.86. The quantitative estimate of drug-likeness (QED) is 0.246. The summed E-state index contributed by atoms with van der Waals surface area (Å²) in [5, 5.41) is 13.3. The molecule has 0 bridgehead atoms. The molecule has 5 aromatic rings. The third-order valence-corrected chi connectivity index (χ3v) is 10.2. The smallest absolute Gasteiger partial charge is 0.310 e. The van der Waals surface area contributed by atoms with Gasteiger partial charge in [0.25, 0.3) is 0 Å². The van der Waals surface area contributed by atoms with Crippen molar-refractivity contribution >= 4 is 35.5 Å². The fraction of sp³-hybridized carbons (Fsp3) is 0.200. The van der Waals surface area contributed by atoms with E-state index >= 15 is 0 Å². The number of fused-ring (bicyclic) bond motifs is 11. The highest BCUT2D eigenvalue weighted by Crippen LogP contribution is 2.62. The molecule has 4 heteroatoms. The van der Waals surface area contributed by atoms with Crippen molar-refractivity contribution in [2.45, 2.75) is 54.1 Å². The molecule has 7 rings (SSSR count). The Morgan fingerprint density at radius 2 is 1.23 bits per heavy atom. The molecule has 0 radical (unpaired) electrons. The minimum Gasteiger partial charge on any atom is -0.427 e. The van der Waals surface area contributed by atoms with Crippen LogP contribution >= 0.6 is 11.8 Å². The van der Waals surface area contributed by atoms with Gasteiger partial charge in [-0.1, -0.05) is 103 Å². The maximum atomic E-state index is 10.8. The van der Waals surface area contributed by atoms with Crippen molar-refractivity contribution in [2.75, 3.05) is 0 Å². The average Bonchev–Trinajstić information content (AvgIpc) is 3.23. The van der Waals surface area contributed by atoms with Gasteiger partial charge in [0, 0.05) is 9.79 Å². The van der Waals surface area contributed by atoms with E-state index in [2.05, 4.69) is 103 Å². The standard InChI is InChI=1S/C35H31BO2S/c1-33(2,37)34(3,4)38-36-28-17-11-16-26-32(28)31-23-13-6-5-12-22(23)20-21-27(31)35(26)24-14-7-9-18-29(24)39-30-19-10-8-15-25(30)35/h5-21,36-37H,1-4H3. The summed E-state index contributed by atoms with van der Waals surface area (Å²) in [5.74, 6) is 0. The molecule has 0 amide bonds. The predicted octanol–water partition coefficient (Wildman–Crippen LogP) is 7.21. The van der Waals surface area contributed by atoms with Crippen molar-refractivity contribution in [2.24, 2.45) is 0 Å². The highest BCUT2D eigenvalue weighted by atomic mass is 32.2. The Bertz CT molecular complexity index is 1720. The molecule has 0 aromatic heterocycles. The van der Waals surface area contributed by atoms with E-state index in [1.807, 2.05) is 39.5 Å². The highest BCUT2D eigenvalue weighted by molar-refractivity contribution is 7.99. The maximum absolute atomic E-state index is 10.8. The molecule has 1 N–H and O–H groups in total. The highest BCUT2D eigenvalue weighted by Gasteiger charge is 2.51. The van der Waals surface area contributed by atoms with E-state index in [4.69, 9.17) is 4.65 Å². The Balaban J connectivity index is 1.58. The van der Waals surface area contributed by atoms with Crippen molar-refractivity contribution in [3.8, 4) is 11.1 Å². The summed E-state index contributed by atoms with van der Waals surface area (Å²) in [6, 6.07) is 37.8. The summed E-state index contributed by atoms with van der Waals surface area (Å²) in [4.78, 5) is 2.60. The van der Waals surface area contributed by atoms with Crippen molar-refractivity contribution in [1.29, 1.82) is 0 Å². The van der Waals surface area contributed by atoms with Gasteiger partial charge in [0.2, 0.25) is 0 Å². The summed E-state index contributed by atoms with van der Waals surface area (Å²) in [6.45, 7) is 7.55. The second-order valence-corrected chi connectivity index (χ2v) is 12.8. The van der Waals surface area contributed by atoms with Gasteiger partial charge in [-0.05, 0) is 89.4 Å². The number of hydrogen-bond donors (Lipinski definition) is 1. The fourth-order valence-corrected chi connectivity index (χ4v) is 7.53. The van der Waals surface area contributed by atoms with Gasteiger partial charge in [0.15, 0.2) is 0 Å². The van der Waals surface area contributed by atoms with E-state index in [-0.39, 0.29) is 0 Å². The molecule has 1 heterocycles. The first-order chi connectivity index (χ1) is 18.7. The molecule has 39 heavy (non-hydrogen) atoms. The SMILES string of the molecule is CC(C)(O)C(C)(C)OBc1cccc2c1-c1c(ccc3ccccc13)C21c2ccccc2Sc2ccccc21. The van der Waals surface area contributed by atoms with E-state index in [0.717, 1.165) is 5.46 Å². The Morgan fingerprint density at radius 3 is 1.92 bits per heavy atom. The first-order valence-electron chi connectivity index (χ1n) is 13.6. The zero-order chi connectivity index (χ0) is 27.0. The van der Waals surface area contributed by atoms with Gasteiger partial charge in [-0.3, -0.25) is 0 Å². The largest absolute Gasteiger partial charge is 0.427 e. The van der Waals surface area contributed by atoms with Crippen LogP contribution in [-0.2, 0) is 10.1 Å². The molecule has 0 saturated heterocycles. The molecule has 1 aliphatic heterocycles. The second-order valence-electron chi connectivity index (χ2n) is 11.8. The van der Waals surface area contributed by atoms with Crippen LogP contribution in [0.3, 0.4) is 0 Å². The normalized spacial score (nSPS) is 15.0. The van der Waals surface area contributed by atoms with Crippen LogP contribution < -0.4 is 5.46 Å². The molecule has 5 aromatic carbocycles. The minimum atomic E-state index is -0.977. The van der Waals surface area contributed by atoms with Crippen molar-refractivity contribution in [1.82, 2.24) is 0 Å². The number of aliphatic hydroxyl groups is 1. The summed E-state index contributed by atoms with van der Waals surface area (Å²) in [6.07, 6.45) is 0. The van der Waals surface area contributed by atoms with E-state index in [1.54, 1.807) is 0 Å². The third-order valence-electron chi connectivity index (χ3n) is 9.00. The van der Waals surface area contributed by atoms with Gasteiger partial charge >= 0.3 is 7.48 Å². The molecule has 0 fully saturated rings. The molecule has 2 aliphatic rings. The Labute approximate surface area is 235 Å². The van der Waals surface area contributed by atoms with E-state index < -0.39 is 16.6 Å². The van der Waals surface area contributed by atoms with Gasteiger partial charge in [-0.15, -0.1) is 0 Å². The Hall–Kier alpha value is -3.31. The first-order valence-corrected chi connectivity index (χ1v) is 14.4. The number of benzene rings is 5. The van der Waals surface area contributed by atoms with Gasteiger partial charge in [0.1, 0.15) is 0 Å². The molecule has 1 spiro atoms. The molecule has 0 atom stereocenters. The lowest BCUT2D eigenvalue weighted by Crippen LogP contribution is -2.49. The molecule has 1 aliphatic carbocycles. The van der Waals surface area contributed by atoms with Gasteiger partial charge < -0.3 is 9.76 Å². The van der Waals surface area contributed by atoms with Crippen LogP contribution in [0.5, 0.6) is 0 Å². The Morgan fingerprint density at radius 1 is 0.641 bits per heavy atom. The summed E-state index contributed by atoms with van der Waals surface area (Å²) in [5.41, 5.74) is 6.87. The van der Waals surface area contributed by atoms with Gasteiger partial charge in [0.05, 0.1) is 16.6 Å². The number of hydrogen-bond acceptors (Lipinski definition) is 3. The van der Waals surface area contributed by atoms with Gasteiger partial charge in [-0.2, -0.15) is 0 Å². The molecular formula is C35H31BO2S. The zero-order valence-electron chi connectivity index (χ0n) is 22.8. The zero-order valence-corrected chi connectivity index (χ0v) is 23.6. The Kier molecular flexibility index (Phi) is 5.45. The second kappa shape index (κ2) is 8.60. The number of rotatable bonds is 4. The van der Waals surface area contributed by atoms with Gasteiger partial charge in [-0.25, -0.2) is 0 Å². The van der Waals surface area contributed by atoms with Crippen LogP contribution in [-0.4, -0.2) is 23.8 Å². The average molecular weight is 527 g/mol. The lowest BCUT2D eigenvalue weighted by atomic mass is 9.66. The van der Waals surface area contributed by atoms with E-state index in [0.29, 0.717) is 7.48 Å². The topological polar surface area (TPSA) is 29.5 Å². The molecule has 0 unspecified atom stereocenters. The lowest BCUT2D eigenvalue weighted by molar-refractivity contribution is -0.0893. The predicted molar refractivity (Wildman–Crippen MR) is 164 cm³/mol. The van der Waals surface area contributed by atoms with Crippen LogP contribution in [0, 0.1) is 0 Å². The van der Waals surface area contributed by atoms with Crippen LogP contribution in [0.4, 0.5) is 0 Å². The first kappa shape index (κ1) is 24.7. The summed E-state index contributed by atoms with van der Waals surface area (Å²) in [7, 11) is 0.414. The van der Waals surface area contributed by atoms with Crippen molar-refractivity contribution in [3.05, 3.63) is 125 Å². The minimum absolute atomic E-state index is 0.414. The monoisotopic (exact) mass is 526 g/mol. The van der Waals surface area contributed by atoms with E-state index in [9.17, 15) is 5.11 Å². The van der Waals surface area contributed by atoms with Crippen molar-refractivity contribution in [3.63, 3.8) is 0 Å².